The number of ether oxygens (including phenoxy) is 2. The highest BCUT2D eigenvalue weighted by Gasteiger charge is 2.24. The molecule has 0 saturated carbocycles. The van der Waals surface area contributed by atoms with Gasteiger partial charge < -0.3 is 14.8 Å². The Labute approximate surface area is 87.2 Å². The molecule has 84 valence electrons. The molecular formula is C11H23NO2. The summed E-state index contributed by atoms with van der Waals surface area (Å²) in [6.45, 7) is 7.23. The summed E-state index contributed by atoms with van der Waals surface area (Å²) < 4.78 is 10.8. The molecule has 14 heavy (non-hydrogen) atoms. The van der Waals surface area contributed by atoms with Gasteiger partial charge in [-0.1, -0.05) is 0 Å². The molecule has 1 unspecified atom stereocenters. The van der Waals surface area contributed by atoms with Crippen molar-refractivity contribution in [3.05, 3.63) is 0 Å². The summed E-state index contributed by atoms with van der Waals surface area (Å²) in [5, 5.41) is 3.58. The van der Waals surface area contributed by atoms with E-state index in [-0.39, 0.29) is 0 Å². The first kappa shape index (κ1) is 12.0. The number of hydrogen-bond donors (Lipinski definition) is 1. The van der Waals surface area contributed by atoms with Crippen molar-refractivity contribution in [3.8, 4) is 0 Å². The second kappa shape index (κ2) is 5.69. The SMILES string of the molecule is COC[C@@H](C)NC1C[C@@H](C)O[C@@H](C)C1. The van der Waals surface area contributed by atoms with Crippen molar-refractivity contribution in [1.29, 1.82) is 0 Å². The second-order valence-corrected chi connectivity index (χ2v) is 4.45. The van der Waals surface area contributed by atoms with Crippen molar-refractivity contribution in [2.75, 3.05) is 13.7 Å². The highest BCUT2D eigenvalue weighted by molar-refractivity contribution is 4.80. The Morgan fingerprint density at radius 3 is 2.43 bits per heavy atom. The van der Waals surface area contributed by atoms with Crippen LogP contribution in [0.25, 0.3) is 0 Å². The third-order valence-corrected chi connectivity index (χ3v) is 2.63. The Kier molecular flexibility index (Phi) is 4.85. The fraction of sp³-hybridized carbons (Fsp3) is 1.00. The molecule has 1 aliphatic rings. The van der Waals surface area contributed by atoms with Gasteiger partial charge in [-0.25, -0.2) is 0 Å². The maximum absolute atomic E-state index is 5.69. The number of rotatable bonds is 4. The van der Waals surface area contributed by atoms with Crippen molar-refractivity contribution >= 4 is 0 Å². The summed E-state index contributed by atoms with van der Waals surface area (Å²) in [4.78, 5) is 0. The molecule has 0 bridgehead atoms. The first-order valence-corrected chi connectivity index (χ1v) is 5.52. The van der Waals surface area contributed by atoms with Gasteiger partial charge in [0.15, 0.2) is 0 Å². The Morgan fingerprint density at radius 2 is 1.93 bits per heavy atom. The summed E-state index contributed by atoms with van der Waals surface area (Å²) in [6.07, 6.45) is 2.98. The average Bonchev–Trinajstić information content (AvgIpc) is 2.01. The lowest BCUT2D eigenvalue weighted by Crippen LogP contribution is -2.46. The lowest BCUT2D eigenvalue weighted by atomic mass is 9.99. The van der Waals surface area contributed by atoms with E-state index < -0.39 is 0 Å². The number of nitrogens with one attached hydrogen (secondary N) is 1. The van der Waals surface area contributed by atoms with E-state index in [1.165, 1.54) is 0 Å². The minimum Gasteiger partial charge on any atom is -0.383 e. The summed E-state index contributed by atoms with van der Waals surface area (Å²) in [6, 6.07) is 1.02. The van der Waals surface area contributed by atoms with Crippen LogP contribution in [0.15, 0.2) is 0 Å². The van der Waals surface area contributed by atoms with E-state index in [9.17, 15) is 0 Å². The van der Waals surface area contributed by atoms with Gasteiger partial charge in [-0.3, -0.25) is 0 Å². The molecule has 0 aliphatic carbocycles. The highest BCUT2D eigenvalue weighted by atomic mass is 16.5. The molecule has 0 aromatic rings. The lowest BCUT2D eigenvalue weighted by Gasteiger charge is -2.34. The van der Waals surface area contributed by atoms with E-state index in [1.54, 1.807) is 7.11 Å². The molecule has 1 fully saturated rings. The predicted molar refractivity (Wildman–Crippen MR) is 57.5 cm³/mol. The predicted octanol–water partition coefficient (Wildman–Crippen LogP) is 1.57. The molecule has 1 saturated heterocycles. The summed E-state index contributed by atoms with van der Waals surface area (Å²) in [7, 11) is 1.74. The van der Waals surface area contributed by atoms with Crippen LogP contribution in [0.3, 0.4) is 0 Å². The van der Waals surface area contributed by atoms with Gasteiger partial charge in [0.25, 0.3) is 0 Å². The zero-order valence-electron chi connectivity index (χ0n) is 9.75. The molecule has 4 atom stereocenters. The zero-order chi connectivity index (χ0) is 10.6. The topological polar surface area (TPSA) is 30.5 Å². The van der Waals surface area contributed by atoms with Crippen LogP contribution >= 0.6 is 0 Å². The smallest absolute Gasteiger partial charge is 0.0613 e. The molecule has 0 aromatic heterocycles. The van der Waals surface area contributed by atoms with Gasteiger partial charge in [0.2, 0.25) is 0 Å². The van der Waals surface area contributed by atoms with Gasteiger partial charge in [-0.15, -0.1) is 0 Å². The molecule has 3 heteroatoms. The largest absolute Gasteiger partial charge is 0.383 e. The third-order valence-electron chi connectivity index (χ3n) is 2.63. The van der Waals surface area contributed by atoms with Crippen LogP contribution in [0, 0.1) is 0 Å². The van der Waals surface area contributed by atoms with Crippen molar-refractivity contribution in [3.63, 3.8) is 0 Å². The van der Waals surface area contributed by atoms with Gasteiger partial charge in [-0.05, 0) is 33.6 Å². The Bertz CT molecular complexity index is 153. The van der Waals surface area contributed by atoms with Crippen LogP contribution in [0.1, 0.15) is 33.6 Å². The maximum atomic E-state index is 5.69. The molecule has 3 nitrogen and oxygen atoms in total. The highest BCUT2D eigenvalue weighted by Crippen LogP contribution is 2.19. The molecule has 1 rings (SSSR count). The minimum absolute atomic E-state index is 0.381. The Balaban J connectivity index is 2.29. The van der Waals surface area contributed by atoms with Gasteiger partial charge in [0.1, 0.15) is 0 Å². The first-order valence-electron chi connectivity index (χ1n) is 5.52. The van der Waals surface area contributed by atoms with Gasteiger partial charge in [-0.2, -0.15) is 0 Å². The molecule has 1 heterocycles. The summed E-state index contributed by atoms with van der Waals surface area (Å²) in [5.41, 5.74) is 0. The monoisotopic (exact) mass is 201 g/mol. The summed E-state index contributed by atoms with van der Waals surface area (Å²) in [5.74, 6) is 0. The van der Waals surface area contributed by atoms with Gasteiger partial charge >= 0.3 is 0 Å². The molecular weight excluding hydrogens is 178 g/mol. The van der Waals surface area contributed by atoms with Crippen molar-refractivity contribution in [2.45, 2.75) is 57.9 Å². The van der Waals surface area contributed by atoms with Gasteiger partial charge in [0.05, 0.1) is 18.8 Å². The second-order valence-electron chi connectivity index (χ2n) is 4.45. The standard InChI is InChI=1S/C11H23NO2/c1-8(7-13-4)12-11-5-9(2)14-10(3)6-11/h8-12H,5-7H2,1-4H3/t8-,9-,10+,11?/m1/s1. The third kappa shape index (κ3) is 3.95. The maximum Gasteiger partial charge on any atom is 0.0613 e. The number of methoxy groups -OCH3 is 1. The van der Waals surface area contributed by atoms with Crippen molar-refractivity contribution < 1.29 is 9.47 Å². The van der Waals surface area contributed by atoms with E-state index in [0.29, 0.717) is 24.3 Å². The quantitative estimate of drug-likeness (QED) is 0.749. The van der Waals surface area contributed by atoms with Gasteiger partial charge in [0, 0.05) is 19.2 Å². The van der Waals surface area contributed by atoms with Crippen LogP contribution in [-0.2, 0) is 9.47 Å². The fourth-order valence-electron chi connectivity index (χ4n) is 2.24. The summed E-state index contributed by atoms with van der Waals surface area (Å²) >= 11 is 0. The molecule has 1 N–H and O–H groups in total. The van der Waals surface area contributed by atoms with Crippen LogP contribution in [0.5, 0.6) is 0 Å². The lowest BCUT2D eigenvalue weighted by molar-refractivity contribution is -0.0443. The average molecular weight is 201 g/mol. The normalized spacial score (nSPS) is 35.6. The van der Waals surface area contributed by atoms with E-state index in [2.05, 4.69) is 26.1 Å². The zero-order valence-corrected chi connectivity index (χ0v) is 9.75. The Morgan fingerprint density at radius 1 is 1.36 bits per heavy atom. The molecule has 0 spiro atoms. The van der Waals surface area contributed by atoms with Crippen LogP contribution in [-0.4, -0.2) is 38.0 Å². The minimum atomic E-state index is 0.381. The van der Waals surface area contributed by atoms with Crippen LogP contribution < -0.4 is 5.32 Å². The van der Waals surface area contributed by atoms with E-state index in [0.717, 1.165) is 19.4 Å². The van der Waals surface area contributed by atoms with Crippen LogP contribution in [0.2, 0.25) is 0 Å². The van der Waals surface area contributed by atoms with E-state index in [1.807, 2.05) is 0 Å². The van der Waals surface area contributed by atoms with E-state index >= 15 is 0 Å². The van der Waals surface area contributed by atoms with Crippen molar-refractivity contribution in [1.82, 2.24) is 5.32 Å². The molecule has 0 amide bonds. The van der Waals surface area contributed by atoms with Crippen molar-refractivity contribution in [2.24, 2.45) is 0 Å². The van der Waals surface area contributed by atoms with Crippen LogP contribution in [0.4, 0.5) is 0 Å². The molecule has 1 aliphatic heterocycles. The van der Waals surface area contributed by atoms with E-state index in [4.69, 9.17) is 9.47 Å². The number of hydrogen-bond acceptors (Lipinski definition) is 3. The molecule has 0 radical (unpaired) electrons. The molecule has 0 aromatic carbocycles. The Hall–Kier alpha value is -0.120. The fourth-order valence-corrected chi connectivity index (χ4v) is 2.24. The first-order chi connectivity index (χ1) is 6.61.